The van der Waals surface area contributed by atoms with Crippen molar-refractivity contribution in [3.63, 3.8) is 0 Å². The molecule has 3 rings (SSSR count). The number of halogens is 3. The lowest BCUT2D eigenvalue weighted by atomic mass is 10.1. The number of amides is 1. The van der Waals surface area contributed by atoms with Crippen LogP contribution in [0, 0.1) is 10.5 Å². The van der Waals surface area contributed by atoms with E-state index in [-0.39, 0.29) is 11.7 Å². The number of aryl methyl sites for hydroxylation is 1. The van der Waals surface area contributed by atoms with E-state index in [4.69, 9.17) is 0 Å². The van der Waals surface area contributed by atoms with E-state index in [0.717, 1.165) is 14.0 Å². The van der Waals surface area contributed by atoms with Crippen LogP contribution in [-0.4, -0.2) is 17.5 Å². The molecule has 0 aliphatic rings. The van der Waals surface area contributed by atoms with Gasteiger partial charge in [-0.25, -0.2) is 4.98 Å². The lowest BCUT2D eigenvalue weighted by Gasteiger charge is -2.05. The molecule has 3 aromatic rings. The van der Waals surface area contributed by atoms with E-state index in [2.05, 4.69) is 37.6 Å². The minimum absolute atomic E-state index is 0.0869. The summed E-state index contributed by atoms with van der Waals surface area (Å²) in [5.74, 6) is -0.139. The SMILES string of the molecule is Cc1sc(NC(=O)c2ccccc2I)nc1-c1ccc(OC(F)F)cc1. The van der Waals surface area contributed by atoms with E-state index in [1.165, 1.54) is 23.5 Å². The number of carbonyl (C=O) groups is 1. The molecule has 4 nitrogen and oxygen atoms in total. The Labute approximate surface area is 166 Å². The number of alkyl halides is 2. The van der Waals surface area contributed by atoms with Crippen molar-refractivity contribution in [3.8, 4) is 17.0 Å². The first-order chi connectivity index (χ1) is 12.4. The Morgan fingerprint density at radius 1 is 1.19 bits per heavy atom. The fourth-order valence-corrected chi connectivity index (χ4v) is 3.78. The molecule has 0 bridgehead atoms. The van der Waals surface area contributed by atoms with Gasteiger partial charge in [0.25, 0.3) is 5.91 Å². The highest BCUT2D eigenvalue weighted by atomic mass is 127. The second kappa shape index (κ2) is 8.09. The lowest BCUT2D eigenvalue weighted by molar-refractivity contribution is -0.0498. The molecule has 0 spiro atoms. The Hall–Kier alpha value is -2.07. The maximum Gasteiger partial charge on any atom is 0.387 e. The van der Waals surface area contributed by atoms with Crippen molar-refractivity contribution in [2.24, 2.45) is 0 Å². The summed E-state index contributed by atoms with van der Waals surface area (Å²) in [7, 11) is 0. The summed E-state index contributed by atoms with van der Waals surface area (Å²) in [6, 6.07) is 13.5. The molecule has 0 atom stereocenters. The van der Waals surface area contributed by atoms with Crippen molar-refractivity contribution in [2.75, 3.05) is 5.32 Å². The number of carbonyl (C=O) groups excluding carboxylic acids is 1. The fraction of sp³-hybridized carbons (Fsp3) is 0.111. The van der Waals surface area contributed by atoms with Crippen LogP contribution >= 0.6 is 33.9 Å². The molecule has 0 saturated carbocycles. The summed E-state index contributed by atoms with van der Waals surface area (Å²) in [6.45, 7) is -0.970. The first-order valence-electron chi connectivity index (χ1n) is 7.52. The second-order valence-electron chi connectivity index (χ2n) is 5.26. The maximum absolute atomic E-state index is 12.4. The second-order valence-corrected chi connectivity index (χ2v) is 7.63. The Balaban J connectivity index is 1.79. The molecule has 1 N–H and O–H groups in total. The molecule has 1 heterocycles. The molecular weight excluding hydrogens is 473 g/mol. The molecule has 0 radical (unpaired) electrons. The zero-order valence-electron chi connectivity index (χ0n) is 13.5. The van der Waals surface area contributed by atoms with Crippen molar-refractivity contribution in [1.29, 1.82) is 0 Å². The summed E-state index contributed by atoms with van der Waals surface area (Å²) in [5.41, 5.74) is 2.03. The molecule has 8 heteroatoms. The van der Waals surface area contributed by atoms with Crippen molar-refractivity contribution in [3.05, 3.63) is 62.5 Å². The van der Waals surface area contributed by atoms with Gasteiger partial charge in [0.15, 0.2) is 5.13 Å². The minimum Gasteiger partial charge on any atom is -0.435 e. The lowest BCUT2D eigenvalue weighted by Crippen LogP contribution is -2.13. The number of hydrogen-bond acceptors (Lipinski definition) is 4. The Bertz CT molecular complexity index is 929. The van der Waals surface area contributed by atoms with Gasteiger partial charge in [0.1, 0.15) is 5.75 Å². The standard InChI is InChI=1S/C18H13F2IN2O2S/c1-10-15(11-6-8-12(9-7-11)25-17(19)20)22-18(26-10)23-16(24)13-4-2-3-5-14(13)21/h2-9,17H,1H3,(H,22,23,24). The average Bonchev–Trinajstić information content (AvgIpc) is 2.95. The molecule has 2 aromatic carbocycles. The number of thiazole rings is 1. The molecule has 0 unspecified atom stereocenters. The van der Waals surface area contributed by atoms with Gasteiger partial charge in [-0.05, 0) is 65.9 Å². The van der Waals surface area contributed by atoms with Gasteiger partial charge in [-0.2, -0.15) is 8.78 Å². The van der Waals surface area contributed by atoms with E-state index in [9.17, 15) is 13.6 Å². The monoisotopic (exact) mass is 486 g/mol. The molecule has 0 saturated heterocycles. The number of hydrogen-bond donors (Lipinski definition) is 1. The fourth-order valence-electron chi connectivity index (χ4n) is 2.32. The number of rotatable bonds is 5. The number of benzene rings is 2. The third-order valence-electron chi connectivity index (χ3n) is 3.49. The molecular formula is C18H13F2IN2O2S. The normalized spacial score (nSPS) is 10.8. The van der Waals surface area contributed by atoms with E-state index in [1.54, 1.807) is 24.3 Å². The van der Waals surface area contributed by atoms with Gasteiger partial charge in [-0.3, -0.25) is 10.1 Å². The predicted molar refractivity (Wildman–Crippen MR) is 106 cm³/mol. The maximum atomic E-state index is 12.4. The van der Waals surface area contributed by atoms with Crippen LogP contribution in [0.15, 0.2) is 48.5 Å². The predicted octanol–water partition coefficient (Wildman–Crippen LogP) is 5.58. The van der Waals surface area contributed by atoms with Crippen LogP contribution in [0.3, 0.4) is 0 Å². The van der Waals surface area contributed by atoms with Gasteiger partial charge in [0, 0.05) is 14.0 Å². The average molecular weight is 486 g/mol. The summed E-state index contributed by atoms with van der Waals surface area (Å²) in [4.78, 5) is 17.8. The van der Waals surface area contributed by atoms with Crippen molar-refractivity contribution < 1.29 is 18.3 Å². The van der Waals surface area contributed by atoms with Crippen molar-refractivity contribution in [2.45, 2.75) is 13.5 Å². The Kier molecular flexibility index (Phi) is 5.82. The highest BCUT2D eigenvalue weighted by Gasteiger charge is 2.15. The smallest absolute Gasteiger partial charge is 0.387 e. The topological polar surface area (TPSA) is 51.2 Å². The molecule has 0 aliphatic heterocycles. The molecule has 0 fully saturated rings. The largest absolute Gasteiger partial charge is 0.435 e. The zero-order chi connectivity index (χ0) is 18.7. The number of nitrogens with zero attached hydrogens (tertiary/aromatic N) is 1. The van der Waals surface area contributed by atoms with E-state index in [0.29, 0.717) is 16.4 Å². The van der Waals surface area contributed by atoms with Gasteiger partial charge in [-0.15, -0.1) is 11.3 Å². The molecule has 1 amide bonds. The van der Waals surface area contributed by atoms with Gasteiger partial charge in [-0.1, -0.05) is 12.1 Å². The number of ether oxygens (including phenoxy) is 1. The van der Waals surface area contributed by atoms with E-state index >= 15 is 0 Å². The summed E-state index contributed by atoms with van der Waals surface area (Å²) in [5, 5.41) is 3.29. The van der Waals surface area contributed by atoms with Crippen LogP contribution in [0.4, 0.5) is 13.9 Å². The van der Waals surface area contributed by atoms with Crippen LogP contribution in [0.2, 0.25) is 0 Å². The first-order valence-corrected chi connectivity index (χ1v) is 9.42. The van der Waals surface area contributed by atoms with Gasteiger partial charge < -0.3 is 4.74 Å². The Morgan fingerprint density at radius 3 is 2.54 bits per heavy atom. The van der Waals surface area contributed by atoms with Gasteiger partial charge >= 0.3 is 6.61 Å². The zero-order valence-corrected chi connectivity index (χ0v) is 16.5. The third-order valence-corrected chi connectivity index (χ3v) is 5.32. The third kappa shape index (κ3) is 4.36. The molecule has 0 aliphatic carbocycles. The van der Waals surface area contributed by atoms with E-state index in [1.807, 2.05) is 19.1 Å². The quantitative estimate of drug-likeness (QED) is 0.480. The van der Waals surface area contributed by atoms with Crippen LogP contribution in [-0.2, 0) is 0 Å². The first kappa shape index (κ1) is 18.7. The Morgan fingerprint density at radius 2 is 1.88 bits per heavy atom. The van der Waals surface area contributed by atoms with Crippen LogP contribution in [0.5, 0.6) is 5.75 Å². The van der Waals surface area contributed by atoms with Crippen LogP contribution < -0.4 is 10.1 Å². The molecule has 134 valence electrons. The number of nitrogens with one attached hydrogen (secondary N) is 1. The van der Waals surface area contributed by atoms with Crippen molar-refractivity contribution >= 4 is 45.0 Å². The van der Waals surface area contributed by atoms with Gasteiger partial charge in [0.2, 0.25) is 0 Å². The van der Waals surface area contributed by atoms with Crippen LogP contribution in [0.1, 0.15) is 15.2 Å². The van der Waals surface area contributed by atoms with Crippen LogP contribution in [0.25, 0.3) is 11.3 Å². The molecule has 26 heavy (non-hydrogen) atoms. The summed E-state index contributed by atoms with van der Waals surface area (Å²) in [6.07, 6.45) is 0. The highest BCUT2D eigenvalue weighted by molar-refractivity contribution is 14.1. The van der Waals surface area contributed by atoms with E-state index < -0.39 is 6.61 Å². The van der Waals surface area contributed by atoms with Crippen molar-refractivity contribution in [1.82, 2.24) is 4.98 Å². The minimum atomic E-state index is -2.86. The molecule has 1 aromatic heterocycles. The summed E-state index contributed by atoms with van der Waals surface area (Å²) < 4.78 is 29.7. The number of aromatic nitrogens is 1. The summed E-state index contributed by atoms with van der Waals surface area (Å²) >= 11 is 3.46. The number of anilines is 1. The van der Waals surface area contributed by atoms with Gasteiger partial charge in [0.05, 0.1) is 11.3 Å². The highest BCUT2D eigenvalue weighted by Crippen LogP contribution is 2.32.